The molecule has 1 aromatic carbocycles. The highest BCUT2D eigenvalue weighted by Gasteiger charge is 2.41. The predicted octanol–water partition coefficient (Wildman–Crippen LogP) is 2.73. The predicted molar refractivity (Wildman–Crippen MR) is 105 cm³/mol. The molecule has 3 N–H and O–H groups in total. The van der Waals surface area contributed by atoms with Crippen molar-refractivity contribution in [3.63, 3.8) is 0 Å². The molecule has 1 aliphatic carbocycles. The van der Waals surface area contributed by atoms with Gasteiger partial charge in [0.15, 0.2) is 0 Å². The lowest BCUT2D eigenvalue weighted by molar-refractivity contribution is -0.123. The number of hydrogen-bond acceptors (Lipinski definition) is 6. The molecular weight excluding hydrogens is 368 g/mol. The van der Waals surface area contributed by atoms with Gasteiger partial charge in [-0.15, -0.1) is 12.4 Å². The standard InChI is InChI=1S/C19H26N4O3.ClH/c1-3-25-15-8-4-13(5-9-15)18-21-17(26-23-18)11-10-16(24)22-19(2,12-20)14-6-7-14;/h4-5,8-9,14H,3,6-7,10-12,20H2,1-2H3,(H,22,24);1H. The lowest BCUT2D eigenvalue weighted by Crippen LogP contribution is -2.53. The maximum absolute atomic E-state index is 12.2. The van der Waals surface area contributed by atoms with E-state index < -0.39 is 0 Å². The number of hydrogen-bond donors (Lipinski definition) is 2. The van der Waals surface area contributed by atoms with Crippen molar-refractivity contribution in [1.29, 1.82) is 0 Å². The van der Waals surface area contributed by atoms with Crippen LogP contribution in [0.3, 0.4) is 0 Å². The van der Waals surface area contributed by atoms with Crippen molar-refractivity contribution in [2.24, 2.45) is 11.7 Å². The molecule has 1 heterocycles. The summed E-state index contributed by atoms with van der Waals surface area (Å²) in [6.45, 7) is 5.03. The number of rotatable bonds is 9. The Labute approximate surface area is 165 Å². The quantitative estimate of drug-likeness (QED) is 0.677. The molecule has 1 aromatic heterocycles. The average molecular weight is 395 g/mol. The number of halogens is 1. The van der Waals surface area contributed by atoms with Gasteiger partial charge in [0.25, 0.3) is 0 Å². The van der Waals surface area contributed by atoms with Crippen molar-refractivity contribution in [3.8, 4) is 17.1 Å². The van der Waals surface area contributed by atoms with Crippen LogP contribution >= 0.6 is 12.4 Å². The molecule has 0 saturated heterocycles. The van der Waals surface area contributed by atoms with E-state index in [-0.39, 0.29) is 23.9 Å². The van der Waals surface area contributed by atoms with Crippen LogP contribution in [0.4, 0.5) is 0 Å². The molecule has 2 aromatic rings. The van der Waals surface area contributed by atoms with E-state index in [1.54, 1.807) is 0 Å². The number of carbonyl (C=O) groups is 1. The minimum atomic E-state index is -0.306. The molecule has 1 saturated carbocycles. The third kappa shape index (κ3) is 5.43. The molecule has 1 unspecified atom stereocenters. The van der Waals surface area contributed by atoms with Gasteiger partial charge in [-0.3, -0.25) is 4.79 Å². The second-order valence-corrected chi connectivity index (χ2v) is 6.91. The summed E-state index contributed by atoms with van der Waals surface area (Å²) in [5.41, 5.74) is 6.37. The first-order valence-corrected chi connectivity index (χ1v) is 9.11. The topological polar surface area (TPSA) is 103 Å². The van der Waals surface area contributed by atoms with Gasteiger partial charge in [0.2, 0.25) is 17.6 Å². The van der Waals surface area contributed by atoms with E-state index in [4.69, 9.17) is 15.0 Å². The fourth-order valence-electron chi connectivity index (χ4n) is 2.98. The first-order chi connectivity index (χ1) is 12.5. The third-order valence-corrected chi connectivity index (χ3v) is 4.78. The summed E-state index contributed by atoms with van der Waals surface area (Å²) in [6, 6.07) is 7.50. The molecule has 1 atom stereocenters. The van der Waals surface area contributed by atoms with Crippen molar-refractivity contribution in [1.82, 2.24) is 15.5 Å². The van der Waals surface area contributed by atoms with Gasteiger partial charge in [-0.25, -0.2) is 0 Å². The van der Waals surface area contributed by atoms with Crippen molar-refractivity contribution in [3.05, 3.63) is 30.2 Å². The van der Waals surface area contributed by atoms with Crippen LogP contribution in [0.15, 0.2) is 28.8 Å². The molecule has 0 spiro atoms. The summed E-state index contributed by atoms with van der Waals surface area (Å²) >= 11 is 0. The number of benzene rings is 1. The number of aryl methyl sites for hydroxylation is 1. The van der Waals surface area contributed by atoms with Gasteiger partial charge in [0, 0.05) is 24.9 Å². The second kappa shape index (κ2) is 9.19. The fraction of sp³-hybridized carbons (Fsp3) is 0.526. The number of nitrogens with one attached hydrogen (secondary N) is 1. The Morgan fingerprint density at radius 2 is 2.07 bits per heavy atom. The highest BCUT2D eigenvalue weighted by Crippen LogP contribution is 2.39. The SMILES string of the molecule is CCOc1ccc(-c2noc(CCC(=O)NC(C)(CN)C3CC3)n2)cc1.Cl. The van der Waals surface area contributed by atoms with Crippen LogP contribution < -0.4 is 15.8 Å². The minimum Gasteiger partial charge on any atom is -0.494 e. The summed E-state index contributed by atoms with van der Waals surface area (Å²) < 4.78 is 10.7. The molecule has 3 rings (SSSR count). The van der Waals surface area contributed by atoms with Crippen molar-refractivity contribution >= 4 is 18.3 Å². The molecule has 0 bridgehead atoms. The van der Waals surface area contributed by atoms with Crippen LogP contribution in [0.25, 0.3) is 11.4 Å². The zero-order chi connectivity index (χ0) is 18.6. The molecule has 1 fully saturated rings. The van der Waals surface area contributed by atoms with E-state index in [1.807, 2.05) is 38.1 Å². The number of nitrogens with zero attached hydrogens (tertiary/aromatic N) is 2. The van der Waals surface area contributed by atoms with Crippen LogP contribution in [0.5, 0.6) is 5.75 Å². The van der Waals surface area contributed by atoms with E-state index in [1.165, 1.54) is 0 Å². The Balaban J connectivity index is 0.00000261. The van der Waals surface area contributed by atoms with Gasteiger partial charge < -0.3 is 20.3 Å². The van der Waals surface area contributed by atoms with Gasteiger partial charge in [-0.2, -0.15) is 4.98 Å². The Kier molecular flexibility index (Phi) is 7.21. The summed E-state index contributed by atoms with van der Waals surface area (Å²) in [6.07, 6.45) is 2.96. The molecule has 1 aliphatic rings. The molecule has 0 aliphatic heterocycles. The highest BCUT2D eigenvalue weighted by atomic mass is 35.5. The number of ether oxygens (including phenoxy) is 1. The van der Waals surface area contributed by atoms with E-state index >= 15 is 0 Å². The van der Waals surface area contributed by atoms with Crippen LogP contribution in [-0.4, -0.2) is 34.7 Å². The fourth-order valence-corrected chi connectivity index (χ4v) is 2.98. The Morgan fingerprint density at radius 3 is 2.67 bits per heavy atom. The Bertz CT molecular complexity index is 746. The van der Waals surface area contributed by atoms with E-state index in [9.17, 15) is 4.79 Å². The minimum absolute atomic E-state index is 0. The van der Waals surface area contributed by atoms with Gasteiger partial charge in [-0.05, 0) is 56.9 Å². The highest BCUT2D eigenvalue weighted by molar-refractivity contribution is 5.85. The Morgan fingerprint density at radius 1 is 1.37 bits per heavy atom. The molecule has 8 heteroatoms. The zero-order valence-electron chi connectivity index (χ0n) is 15.7. The number of carbonyl (C=O) groups excluding carboxylic acids is 1. The average Bonchev–Trinajstić information content (AvgIpc) is 3.40. The van der Waals surface area contributed by atoms with Crippen LogP contribution in [0.1, 0.15) is 39.0 Å². The molecule has 27 heavy (non-hydrogen) atoms. The third-order valence-electron chi connectivity index (χ3n) is 4.78. The summed E-state index contributed by atoms with van der Waals surface area (Å²) in [5.74, 6) is 2.21. The van der Waals surface area contributed by atoms with E-state index in [2.05, 4.69) is 15.5 Å². The zero-order valence-corrected chi connectivity index (χ0v) is 16.6. The van der Waals surface area contributed by atoms with Gasteiger partial charge >= 0.3 is 0 Å². The Hall–Kier alpha value is -2.12. The normalized spacial score (nSPS) is 15.5. The summed E-state index contributed by atoms with van der Waals surface area (Å²) in [5, 5.41) is 7.05. The lowest BCUT2D eigenvalue weighted by atomic mass is 9.95. The second-order valence-electron chi connectivity index (χ2n) is 6.91. The maximum Gasteiger partial charge on any atom is 0.227 e. The van der Waals surface area contributed by atoms with Crippen molar-refractivity contribution < 1.29 is 14.1 Å². The molecular formula is C19H27ClN4O3. The summed E-state index contributed by atoms with van der Waals surface area (Å²) in [7, 11) is 0. The number of aromatic nitrogens is 2. The molecule has 148 valence electrons. The monoisotopic (exact) mass is 394 g/mol. The first-order valence-electron chi connectivity index (χ1n) is 9.11. The van der Waals surface area contributed by atoms with Crippen LogP contribution in [0.2, 0.25) is 0 Å². The van der Waals surface area contributed by atoms with Crippen LogP contribution in [-0.2, 0) is 11.2 Å². The lowest BCUT2D eigenvalue weighted by Gasteiger charge is -2.29. The largest absolute Gasteiger partial charge is 0.494 e. The van der Waals surface area contributed by atoms with Gasteiger partial charge in [0.05, 0.1) is 12.1 Å². The van der Waals surface area contributed by atoms with Gasteiger partial charge in [0.1, 0.15) is 5.75 Å². The van der Waals surface area contributed by atoms with Crippen molar-refractivity contribution in [2.45, 2.75) is 45.1 Å². The maximum atomic E-state index is 12.2. The van der Waals surface area contributed by atoms with E-state index in [0.29, 0.717) is 43.6 Å². The van der Waals surface area contributed by atoms with E-state index in [0.717, 1.165) is 24.2 Å². The van der Waals surface area contributed by atoms with Crippen LogP contribution in [0, 0.1) is 5.92 Å². The molecule has 1 amide bonds. The van der Waals surface area contributed by atoms with Crippen molar-refractivity contribution in [2.75, 3.05) is 13.2 Å². The number of amides is 1. The van der Waals surface area contributed by atoms with Gasteiger partial charge in [-0.1, -0.05) is 5.16 Å². The number of nitrogens with two attached hydrogens (primary N) is 1. The smallest absolute Gasteiger partial charge is 0.227 e. The first kappa shape index (κ1) is 21.2. The molecule has 7 nitrogen and oxygen atoms in total. The molecule has 0 radical (unpaired) electrons. The summed E-state index contributed by atoms with van der Waals surface area (Å²) in [4.78, 5) is 16.6.